The van der Waals surface area contributed by atoms with E-state index in [4.69, 9.17) is 9.47 Å². The molecule has 0 N–H and O–H groups in total. The van der Waals surface area contributed by atoms with E-state index in [0.717, 1.165) is 5.82 Å². The van der Waals surface area contributed by atoms with Crippen LogP contribution in [0.3, 0.4) is 0 Å². The third kappa shape index (κ3) is 5.09. The predicted octanol–water partition coefficient (Wildman–Crippen LogP) is 2.18. The molecule has 0 aromatic heterocycles. The smallest absolute Gasteiger partial charge is 0.410 e. The average molecular weight is 393 g/mol. The van der Waals surface area contributed by atoms with Crippen LogP contribution in [-0.4, -0.2) is 77.7 Å². The highest BCUT2D eigenvalue weighted by atomic mass is 16.6. The Morgan fingerprint density at radius 1 is 1.21 bits per heavy atom. The van der Waals surface area contributed by atoms with Gasteiger partial charge < -0.3 is 24.2 Å². The quantitative estimate of drug-likeness (QED) is 0.535. The molecule has 0 bridgehead atoms. The van der Waals surface area contributed by atoms with Crippen molar-refractivity contribution in [3.8, 4) is 6.07 Å². The number of nitrogens with zero attached hydrogens (tertiary/aromatic N) is 4. The Kier molecular flexibility index (Phi) is 6.48. The molecule has 0 radical (unpaired) electrons. The average Bonchev–Trinajstić information content (AvgIpc) is 2.90. The number of piperazine rings is 1. The molecule has 1 atom stereocenters. The maximum absolute atomic E-state index is 12.4. The highest BCUT2D eigenvalue weighted by Crippen LogP contribution is 2.31. The first-order valence-electron chi connectivity index (χ1n) is 9.75. The SMILES string of the molecule is CCOC(=O)C(C)(C)CN1CC2CN(C(=O)OC(C)(C)C)CCN2C1=CC#N. The summed E-state index contributed by atoms with van der Waals surface area (Å²) in [6.07, 6.45) is 1.20. The number of ether oxygens (including phenoxy) is 2. The van der Waals surface area contributed by atoms with Gasteiger partial charge in [0.1, 0.15) is 11.4 Å². The van der Waals surface area contributed by atoms with Gasteiger partial charge in [-0.3, -0.25) is 4.79 Å². The number of allylic oxidation sites excluding steroid dienone is 1. The van der Waals surface area contributed by atoms with Gasteiger partial charge in [-0.05, 0) is 41.5 Å². The molecule has 2 aliphatic heterocycles. The van der Waals surface area contributed by atoms with Gasteiger partial charge in [-0.15, -0.1) is 0 Å². The van der Waals surface area contributed by atoms with Crippen molar-refractivity contribution in [2.24, 2.45) is 5.41 Å². The van der Waals surface area contributed by atoms with Gasteiger partial charge in [0.2, 0.25) is 0 Å². The van der Waals surface area contributed by atoms with Crippen LogP contribution < -0.4 is 0 Å². The van der Waals surface area contributed by atoms with Crippen LogP contribution in [0.25, 0.3) is 0 Å². The number of carbonyl (C=O) groups is 2. The minimum atomic E-state index is -0.704. The molecule has 1 unspecified atom stereocenters. The molecule has 2 fully saturated rings. The summed E-state index contributed by atoms with van der Waals surface area (Å²) >= 11 is 0. The lowest BCUT2D eigenvalue weighted by atomic mass is 9.93. The fraction of sp³-hybridized carbons (Fsp3) is 0.750. The summed E-state index contributed by atoms with van der Waals surface area (Å²) in [4.78, 5) is 30.6. The normalized spacial score (nSPS) is 21.4. The number of amides is 1. The maximum Gasteiger partial charge on any atom is 0.410 e. The van der Waals surface area contributed by atoms with Crippen LogP contribution in [0, 0.1) is 16.7 Å². The first-order valence-corrected chi connectivity index (χ1v) is 9.75. The second-order valence-electron chi connectivity index (χ2n) is 8.89. The summed E-state index contributed by atoms with van der Waals surface area (Å²) in [5.74, 6) is 0.542. The van der Waals surface area contributed by atoms with Gasteiger partial charge in [-0.2, -0.15) is 5.26 Å². The summed E-state index contributed by atoms with van der Waals surface area (Å²) in [6, 6.07) is 2.17. The van der Waals surface area contributed by atoms with Crippen LogP contribution in [0.15, 0.2) is 11.9 Å². The topological polar surface area (TPSA) is 86.1 Å². The number of fused-ring (bicyclic) bond motifs is 1. The molecule has 0 saturated carbocycles. The first-order chi connectivity index (χ1) is 13.0. The Hall–Kier alpha value is -2.43. The third-order valence-corrected chi connectivity index (χ3v) is 4.79. The number of carbonyl (C=O) groups excluding carboxylic acids is 2. The van der Waals surface area contributed by atoms with E-state index in [1.165, 1.54) is 6.08 Å². The maximum atomic E-state index is 12.4. The zero-order valence-electron chi connectivity index (χ0n) is 17.8. The number of nitriles is 1. The molecule has 0 aliphatic carbocycles. The minimum absolute atomic E-state index is 0.0545. The van der Waals surface area contributed by atoms with Crippen molar-refractivity contribution in [3.05, 3.63) is 11.9 Å². The van der Waals surface area contributed by atoms with Crippen molar-refractivity contribution in [1.29, 1.82) is 5.26 Å². The van der Waals surface area contributed by atoms with Crippen molar-refractivity contribution in [3.63, 3.8) is 0 Å². The number of hydrogen-bond acceptors (Lipinski definition) is 7. The van der Waals surface area contributed by atoms with Crippen LogP contribution >= 0.6 is 0 Å². The van der Waals surface area contributed by atoms with Gasteiger partial charge in [0.15, 0.2) is 0 Å². The van der Waals surface area contributed by atoms with E-state index in [2.05, 4.69) is 11.0 Å². The van der Waals surface area contributed by atoms with E-state index < -0.39 is 11.0 Å². The summed E-state index contributed by atoms with van der Waals surface area (Å²) in [5, 5.41) is 9.24. The molecular weight excluding hydrogens is 360 g/mol. The molecule has 2 saturated heterocycles. The second-order valence-corrected chi connectivity index (χ2v) is 8.89. The molecule has 156 valence electrons. The van der Waals surface area contributed by atoms with Gasteiger partial charge in [0.25, 0.3) is 0 Å². The van der Waals surface area contributed by atoms with Crippen LogP contribution in [0.2, 0.25) is 0 Å². The Morgan fingerprint density at radius 3 is 2.46 bits per heavy atom. The molecular formula is C20H32N4O4. The van der Waals surface area contributed by atoms with Crippen molar-refractivity contribution in [2.75, 3.05) is 39.3 Å². The molecule has 2 rings (SSSR count). The number of esters is 1. The molecule has 28 heavy (non-hydrogen) atoms. The summed E-state index contributed by atoms with van der Waals surface area (Å²) < 4.78 is 10.7. The summed E-state index contributed by atoms with van der Waals surface area (Å²) in [6.45, 7) is 14.1. The lowest BCUT2D eigenvalue weighted by Gasteiger charge is -2.38. The Morgan fingerprint density at radius 2 is 1.89 bits per heavy atom. The Labute approximate surface area is 167 Å². The molecule has 8 heteroatoms. The van der Waals surface area contributed by atoms with E-state index in [-0.39, 0.29) is 18.1 Å². The molecule has 2 aliphatic rings. The second kappa shape index (κ2) is 8.29. The predicted molar refractivity (Wildman–Crippen MR) is 104 cm³/mol. The van der Waals surface area contributed by atoms with Gasteiger partial charge in [0, 0.05) is 32.7 Å². The van der Waals surface area contributed by atoms with E-state index >= 15 is 0 Å². The Bertz CT molecular complexity index is 675. The monoisotopic (exact) mass is 392 g/mol. The van der Waals surface area contributed by atoms with Crippen molar-refractivity contribution in [2.45, 2.75) is 53.2 Å². The molecule has 8 nitrogen and oxygen atoms in total. The van der Waals surface area contributed by atoms with Crippen LogP contribution in [0.4, 0.5) is 4.79 Å². The van der Waals surface area contributed by atoms with Crippen molar-refractivity contribution in [1.82, 2.24) is 14.7 Å². The Balaban J connectivity index is 2.12. The van der Waals surface area contributed by atoms with Gasteiger partial charge in [-0.25, -0.2) is 4.79 Å². The van der Waals surface area contributed by atoms with E-state index in [1.807, 2.05) is 39.5 Å². The largest absolute Gasteiger partial charge is 0.466 e. The lowest BCUT2D eigenvalue weighted by Crippen LogP contribution is -2.53. The van der Waals surface area contributed by atoms with Crippen LogP contribution in [0.1, 0.15) is 41.5 Å². The van der Waals surface area contributed by atoms with E-state index in [0.29, 0.717) is 39.3 Å². The summed E-state index contributed by atoms with van der Waals surface area (Å²) in [5.41, 5.74) is -1.24. The minimum Gasteiger partial charge on any atom is -0.466 e. The molecule has 0 aromatic carbocycles. The number of hydrogen-bond donors (Lipinski definition) is 0. The fourth-order valence-corrected chi connectivity index (χ4v) is 3.58. The van der Waals surface area contributed by atoms with Gasteiger partial charge in [0.05, 0.1) is 30.2 Å². The third-order valence-electron chi connectivity index (χ3n) is 4.79. The lowest BCUT2D eigenvalue weighted by molar-refractivity contribution is -0.154. The number of rotatable bonds is 4. The van der Waals surface area contributed by atoms with Crippen molar-refractivity contribution >= 4 is 12.1 Å². The highest BCUT2D eigenvalue weighted by molar-refractivity contribution is 5.76. The van der Waals surface area contributed by atoms with Gasteiger partial charge in [-0.1, -0.05) is 0 Å². The first kappa shape index (κ1) is 21.9. The van der Waals surface area contributed by atoms with Crippen molar-refractivity contribution < 1.29 is 19.1 Å². The molecule has 1 amide bonds. The van der Waals surface area contributed by atoms with Crippen LogP contribution in [0.5, 0.6) is 0 Å². The van der Waals surface area contributed by atoms with Gasteiger partial charge >= 0.3 is 12.1 Å². The summed E-state index contributed by atoms with van der Waals surface area (Å²) in [7, 11) is 0. The zero-order chi connectivity index (χ0) is 21.1. The molecule has 2 heterocycles. The van der Waals surface area contributed by atoms with Crippen LogP contribution in [-0.2, 0) is 14.3 Å². The fourth-order valence-electron chi connectivity index (χ4n) is 3.58. The molecule has 0 spiro atoms. The molecule has 0 aromatic rings. The standard InChI is InChI=1S/C20H32N4O4/c1-7-27-17(25)20(5,6)14-23-13-15-12-22(18(26)28-19(2,3)4)10-11-24(15)16(23)8-9-21/h8,15H,7,10-14H2,1-6H3. The van der Waals surface area contributed by atoms with E-state index in [1.54, 1.807) is 11.8 Å². The highest BCUT2D eigenvalue weighted by Gasteiger charge is 2.43. The van der Waals surface area contributed by atoms with E-state index in [9.17, 15) is 14.9 Å². The zero-order valence-corrected chi connectivity index (χ0v) is 17.8.